The molecule has 0 unspecified atom stereocenters. The number of aromatic nitrogens is 2. The molecule has 0 aliphatic heterocycles. The van der Waals surface area contributed by atoms with E-state index in [9.17, 15) is 0 Å². The van der Waals surface area contributed by atoms with Crippen molar-refractivity contribution in [1.29, 1.82) is 5.26 Å². The van der Waals surface area contributed by atoms with Crippen LogP contribution in [0.2, 0.25) is 0 Å². The van der Waals surface area contributed by atoms with Gasteiger partial charge in [-0.1, -0.05) is 13.8 Å². The summed E-state index contributed by atoms with van der Waals surface area (Å²) in [6, 6.07) is 4.23. The molecular weight excluding hydrogens is 186 g/mol. The smallest absolute Gasteiger partial charge is 0.101 e. The number of fused-ring (bicyclic) bond motifs is 1. The van der Waals surface area contributed by atoms with E-state index in [1.54, 1.807) is 6.20 Å². The molecule has 0 spiro atoms. The predicted molar refractivity (Wildman–Crippen MR) is 58.7 cm³/mol. The molecule has 0 saturated heterocycles. The van der Waals surface area contributed by atoms with Crippen molar-refractivity contribution in [3.05, 3.63) is 35.2 Å². The Morgan fingerprint density at radius 2 is 2.20 bits per heavy atom. The van der Waals surface area contributed by atoms with Crippen LogP contribution in [0.1, 0.15) is 36.5 Å². The van der Waals surface area contributed by atoms with Crippen molar-refractivity contribution in [1.82, 2.24) is 9.61 Å². The normalized spacial score (nSPS) is 10.9. The molecule has 2 rings (SSSR count). The number of aryl methyl sites for hydroxylation is 1. The lowest BCUT2D eigenvalue weighted by molar-refractivity contribution is 0.834. The zero-order valence-electron chi connectivity index (χ0n) is 9.15. The van der Waals surface area contributed by atoms with E-state index in [1.807, 2.05) is 23.7 Å². The quantitative estimate of drug-likeness (QED) is 0.708. The lowest BCUT2D eigenvalue weighted by atomic mass is 9.97. The van der Waals surface area contributed by atoms with Gasteiger partial charge in [0.15, 0.2) is 0 Å². The summed E-state index contributed by atoms with van der Waals surface area (Å²) in [5, 5.41) is 13.3. The summed E-state index contributed by atoms with van der Waals surface area (Å²) in [4.78, 5) is 0. The zero-order valence-corrected chi connectivity index (χ0v) is 9.15. The summed E-state index contributed by atoms with van der Waals surface area (Å²) < 4.78 is 1.84. The highest BCUT2D eigenvalue weighted by atomic mass is 15.2. The summed E-state index contributed by atoms with van der Waals surface area (Å²) in [5.74, 6) is 0.332. The molecule has 0 aromatic carbocycles. The fraction of sp³-hybridized carbons (Fsp3) is 0.333. The Labute approximate surface area is 89.0 Å². The summed E-state index contributed by atoms with van der Waals surface area (Å²) in [7, 11) is 0. The standard InChI is InChI=1S/C12H13N3/c1-8(2)11-10(6-13)7-14-15-5-4-9(3)12(11)15/h4-5,7-8H,1-3H3. The SMILES string of the molecule is Cc1ccn2ncc(C#N)c(C(C)C)c12. The van der Waals surface area contributed by atoms with Gasteiger partial charge in [-0.15, -0.1) is 0 Å². The average molecular weight is 199 g/mol. The van der Waals surface area contributed by atoms with Gasteiger partial charge in [-0.2, -0.15) is 10.4 Å². The second-order valence-corrected chi connectivity index (χ2v) is 4.03. The van der Waals surface area contributed by atoms with Crippen LogP contribution in [-0.2, 0) is 0 Å². The van der Waals surface area contributed by atoms with Crippen molar-refractivity contribution in [2.24, 2.45) is 0 Å². The van der Waals surface area contributed by atoms with E-state index in [2.05, 4.69) is 25.0 Å². The minimum atomic E-state index is 0.332. The Balaban J connectivity index is 2.90. The summed E-state index contributed by atoms with van der Waals surface area (Å²) in [6.45, 7) is 6.25. The maximum atomic E-state index is 9.06. The van der Waals surface area contributed by atoms with Crippen LogP contribution in [0.4, 0.5) is 0 Å². The van der Waals surface area contributed by atoms with Gasteiger partial charge < -0.3 is 0 Å². The van der Waals surface area contributed by atoms with Crippen LogP contribution in [0.15, 0.2) is 18.5 Å². The highest BCUT2D eigenvalue weighted by Crippen LogP contribution is 2.26. The molecule has 0 amide bonds. The van der Waals surface area contributed by atoms with Crippen molar-refractivity contribution < 1.29 is 0 Å². The molecular formula is C12H13N3. The lowest BCUT2D eigenvalue weighted by Crippen LogP contribution is -2.01. The van der Waals surface area contributed by atoms with Crippen molar-refractivity contribution >= 4 is 5.52 Å². The minimum Gasteiger partial charge on any atom is -0.240 e. The van der Waals surface area contributed by atoms with Crippen molar-refractivity contribution in [2.75, 3.05) is 0 Å². The Bertz CT molecular complexity index is 544. The Morgan fingerprint density at radius 3 is 2.80 bits per heavy atom. The molecule has 3 nitrogen and oxygen atoms in total. The number of nitrogens with zero attached hydrogens (tertiary/aromatic N) is 3. The van der Waals surface area contributed by atoms with E-state index in [0.717, 1.165) is 11.1 Å². The number of hydrogen-bond acceptors (Lipinski definition) is 2. The molecule has 0 atom stereocenters. The van der Waals surface area contributed by atoms with Gasteiger partial charge in [0.1, 0.15) is 6.07 Å². The highest BCUT2D eigenvalue weighted by Gasteiger charge is 2.13. The van der Waals surface area contributed by atoms with Gasteiger partial charge in [-0.05, 0) is 24.5 Å². The van der Waals surface area contributed by atoms with Gasteiger partial charge in [0.25, 0.3) is 0 Å². The molecule has 15 heavy (non-hydrogen) atoms. The fourth-order valence-electron chi connectivity index (χ4n) is 1.94. The van der Waals surface area contributed by atoms with Crippen LogP contribution in [0.5, 0.6) is 0 Å². The first-order valence-electron chi connectivity index (χ1n) is 5.02. The van der Waals surface area contributed by atoms with Crippen LogP contribution < -0.4 is 0 Å². The third-order valence-corrected chi connectivity index (χ3v) is 2.62. The van der Waals surface area contributed by atoms with Crippen LogP contribution in [0.25, 0.3) is 5.52 Å². The van der Waals surface area contributed by atoms with Crippen molar-refractivity contribution in [3.8, 4) is 6.07 Å². The first kappa shape index (κ1) is 9.72. The Kier molecular flexibility index (Phi) is 2.20. The minimum absolute atomic E-state index is 0.332. The van der Waals surface area contributed by atoms with E-state index >= 15 is 0 Å². The first-order chi connectivity index (χ1) is 7.15. The fourth-order valence-corrected chi connectivity index (χ4v) is 1.94. The Morgan fingerprint density at radius 1 is 1.47 bits per heavy atom. The van der Waals surface area contributed by atoms with Gasteiger partial charge in [0.2, 0.25) is 0 Å². The van der Waals surface area contributed by atoms with Gasteiger partial charge in [0.05, 0.1) is 17.3 Å². The second kappa shape index (κ2) is 3.39. The van der Waals surface area contributed by atoms with E-state index in [1.165, 1.54) is 5.56 Å². The molecule has 3 heteroatoms. The van der Waals surface area contributed by atoms with Crippen molar-refractivity contribution in [3.63, 3.8) is 0 Å². The molecule has 2 aromatic heterocycles. The number of nitriles is 1. The molecule has 0 N–H and O–H groups in total. The van der Waals surface area contributed by atoms with E-state index in [4.69, 9.17) is 5.26 Å². The van der Waals surface area contributed by atoms with Crippen LogP contribution in [0.3, 0.4) is 0 Å². The van der Waals surface area contributed by atoms with Crippen molar-refractivity contribution in [2.45, 2.75) is 26.7 Å². The molecule has 0 fully saturated rings. The van der Waals surface area contributed by atoms with E-state index in [-0.39, 0.29) is 0 Å². The zero-order chi connectivity index (χ0) is 11.0. The molecule has 0 radical (unpaired) electrons. The number of rotatable bonds is 1. The molecule has 0 bridgehead atoms. The summed E-state index contributed by atoms with van der Waals surface area (Å²) >= 11 is 0. The third kappa shape index (κ3) is 1.39. The van der Waals surface area contributed by atoms with E-state index < -0.39 is 0 Å². The molecule has 2 aromatic rings. The van der Waals surface area contributed by atoms with Gasteiger partial charge in [0, 0.05) is 11.8 Å². The summed E-state index contributed by atoms with van der Waals surface area (Å²) in [6.07, 6.45) is 3.57. The maximum absolute atomic E-state index is 9.06. The molecule has 0 aliphatic carbocycles. The maximum Gasteiger partial charge on any atom is 0.101 e. The topological polar surface area (TPSA) is 41.1 Å². The molecule has 76 valence electrons. The third-order valence-electron chi connectivity index (χ3n) is 2.62. The number of hydrogen-bond donors (Lipinski definition) is 0. The molecule has 0 saturated carbocycles. The lowest BCUT2D eigenvalue weighted by Gasteiger charge is -2.10. The van der Waals surface area contributed by atoms with Crippen LogP contribution in [-0.4, -0.2) is 9.61 Å². The monoisotopic (exact) mass is 199 g/mol. The summed E-state index contributed by atoms with van der Waals surface area (Å²) in [5.41, 5.74) is 4.02. The molecule has 2 heterocycles. The van der Waals surface area contributed by atoms with Crippen LogP contribution in [0, 0.1) is 18.3 Å². The van der Waals surface area contributed by atoms with Gasteiger partial charge in [-0.25, -0.2) is 4.52 Å². The average Bonchev–Trinajstić information content (AvgIpc) is 2.59. The first-order valence-corrected chi connectivity index (χ1v) is 5.02. The molecule has 0 aliphatic rings. The van der Waals surface area contributed by atoms with Crippen LogP contribution >= 0.6 is 0 Å². The largest absolute Gasteiger partial charge is 0.240 e. The predicted octanol–water partition coefficient (Wildman–Crippen LogP) is 2.64. The Hall–Kier alpha value is -1.82. The van der Waals surface area contributed by atoms with Gasteiger partial charge in [-0.3, -0.25) is 0 Å². The van der Waals surface area contributed by atoms with Gasteiger partial charge >= 0.3 is 0 Å². The second-order valence-electron chi connectivity index (χ2n) is 4.03. The highest BCUT2D eigenvalue weighted by molar-refractivity contribution is 5.65. The van der Waals surface area contributed by atoms with E-state index in [0.29, 0.717) is 11.5 Å².